The van der Waals surface area contributed by atoms with Crippen LogP contribution in [-0.4, -0.2) is 58.6 Å². The first-order chi connectivity index (χ1) is 14.5. The van der Waals surface area contributed by atoms with Crippen LogP contribution in [0.3, 0.4) is 0 Å². The van der Waals surface area contributed by atoms with E-state index in [4.69, 9.17) is 4.74 Å². The lowest BCUT2D eigenvalue weighted by Gasteiger charge is -2.52. The minimum atomic E-state index is -0.885. The summed E-state index contributed by atoms with van der Waals surface area (Å²) in [6.07, 6.45) is 3.23. The second kappa shape index (κ2) is 7.45. The van der Waals surface area contributed by atoms with Crippen LogP contribution in [-0.2, 0) is 6.54 Å². The number of aromatic nitrogens is 1. The van der Waals surface area contributed by atoms with E-state index in [0.29, 0.717) is 11.6 Å². The molecule has 0 radical (unpaired) electrons. The van der Waals surface area contributed by atoms with Gasteiger partial charge in [0, 0.05) is 60.9 Å². The number of methoxy groups -OCH3 is 1. The van der Waals surface area contributed by atoms with E-state index < -0.39 is 5.97 Å². The summed E-state index contributed by atoms with van der Waals surface area (Å²) in [5, 5.41) is 10.5. The zero-order chi connectivity index (χ0) is 20.8. The maximum absolute atomic E-state index is 11.3. The van der Waals surface area contributed by atoms with E-state index in [9.17, 15) is 9.90 Å². The quantitative estimate of drug-likeness (QED) is 0.676. The topological polar surface area (TPSA) is 68.8 Å². The van der Waals surface area contributed by atoms with Gasteiger partial charge < -0.3 is 14.8 Å². The Hall–Kier alpha value is -2.83. The molecule has 2 aliphatic rings. The summed E-state index contributed by atoms with van der Waals surface area (Å²) >= 11 is 0. The van der Waals surface area contributed by atoms with Crippen LogP contribution in [0.15, 0.2) is 42.6 Å². The number of aromatic amines is 1. The summed E-state index contributed by atoms with van der Waals surface area (Å²) in [6.45, 7) is 6.03. The monoisotopic (exact) mass is 405 g/mol. The number of H-pyrrole nitrogens is 1. The van der Waals surface area contributed by atoms with Crippen LogP contribution < -0.4 is 4.74 Å². The smallest absolute Gasteiger partial charge is 0.335 e. The Kier molecular flexibility index (Phi) is 4.76. The maximum Gasteiger partial charge on any atom is 0.335 e. The van der Waals surface area contributed by atoms with Gasteiger partial charge in [0.25, 0.3) is 0 Å². The number of nitrogens with zero attached hydrogens (tertiary/aromatic N) is 2. The SMILES string of the molecule is COc1cc(C)c2[nH]ccc2c1CN1C[C@H]2CCN2C[C@@H]1c1ccc(C(=O)O)cc1. The minimum Gasteiger partial charge on any atom is -0.496 e. The fourth-order valence-electron chi connectivity index (χ4n) is 5.00. The van der Waals surface area contributed by atoms with Crippen molar-refractivity contribution in [1.29, 1.82) is 0 Å². The minimum absolute atomic E-state index is 0.226. The number of benzene rings is 2. The lowest BCUT2D eigenvalue weighted by molar-refractivity contribution is -0.0331. The highest BCUT2D eigenvalue weighted by atomic mass is 16.5. The molecule has 1 aromatic heterocycles. The summed E-state index contributed by atoms with van der Waals surface area (Å²) < 4.78 is 5.77. The average Bonchev–Trinajstić information content (AvgIpc) is 3.22. The zero-order valence-electron chi connectivity index (χ0n) is 17.4. The number of nitrogens with one attached hydrogen (secondary N) is 1. The molecular formula is C24H27N3O3. The van der Waals surface area contributed by atoms with E-state index in [2.05, 4.69) is 33.8 Å². The van der Waals surface area contributed by atoms with Gasteiger partial charge >= 0.3 is 5.97 Å². The Balaban J connectivity index is 1.51. The molecule has 3 heterocycles. The van der Waals surface area contributed by atoms with Crippen molar-refractivity contribution in [2.45, 2.75) is 32.0 Å². The molecule has 2 fully saturated rings. The van der Waals surface area contributed by atoms with E-state index in [1.807, 2.05) is 18.3 Å². The Morgan fingerprint density at radius 1 is 1.23 bits per heavy atom. The van der Waals surface area contributed by atoms with Crippen molar-refractivity contribution in [1.82, 2.24) is 14.8 Å². The van der Waals surface area contributed by atoms with Crippen LogP contribution in [0, 0.1) is 6.92 Å². The third kappa shape index (κ3) is 3.16. The molecule has 2 aromatic carbocycles. The second-order valence-corrected chi connectivity index (χ2v) is 8.45. The fraction of sp³-hybridized carbons (Fsp3) is 0.375. The summed E-state index contributed by atoms with van der Waals surface area (Å²) in [6, 6.07) is 12.5. The maximum atomic E-state index is 11.3. The lowest BCUT2D eigenvalue weighted by atomic mass is 9.91. The van der Waals surface area contributed by atoms with Crippen molar-refractivity contribution >= 4 is 16.9 Å². The molecule has 0 unspecified atom stereocenters. The number of aromatic carboxylic acids is 1. The van der Waals surface area contributed by atoms with Crippen molar-refractivity contribution in [3.8, 4) is 5.75 Å². The number of hydrogen-bond acceptors (Lipinski definition) is 4. The predicted molar refractivity (Wildman–Crippen MR) is 116 cm³/mol. The highest BCUT2D eigenvalue weighted by Crippen LogP contribution is 2.38. The van der Waals surface area contributed by atoms with Crippen molar-refractivity contribution in [3.05, 3.63) is 64.8 Å². The fourth-order valence-corrected chi connectivity index (χ4v) is 5.00. The summed E-state index contributed by atoms with van der Waals surface area (Å²) in [5.74, 6) is 0.0414. The van der Waals surface area contributed by atoms with Crippen LogP contribution in [0.5, 0.6) is 5.75 Å². The van der Waals surface area contributed by atoms with Crippen LogP contribution in [0.4, 0.5) is 0 Å². The van der Waals surface area contributed by atoms with Crippen molar-refractivity contribution in [3.63, 3.8) is 0 Å². The first-order valence-corrected chi connectivity index (χ1v) is 10.5. The van der Waals surface area contributed by atoms with Gasteiger partial charge in [-0.1, -0.05) is 12.1 Å². The lowest BCUT2D eigenvalue weighted by Crippen LogP contribution is -2.60. The molecule has 3 aromatic rings. The van der Waals surface area contributed by atoms with Gasteiger partial charge in [-0.2, -0.15) is 0 Å². The Morgan fingerprint density at radius 3 is 2.70 bits per heavy atom. The van der Waals surface area contributed by atoms with Crippen LogP contribution >= 0.6 is 0 Å². The molecule has 2 aliphatic heterocycles. The molecule has 0 aliphatic carbocycles. The van der Waals surface area contributed by atoms with Gasteiger partial charge in [0.1, 0.15) is 5.75 Å². The molecule has 5 rings (SSSR count). The number of hydrogen-bond donors (Lipinski definition) is 2. The Morgan fingerprint density at radius 2 is 2.03 bits per heavy atom. The van der Waals surface area contributed by atoms with Gasteiger partial charge in [-0.25, -0.2) is 4.79 Å². The van der Waals surface area contributed by atoms with Gasteiger partial charge in [-0.05, 0) is 48.7 Å². The Bertz CT molecular complexity index is 1090. The molecule has 0 amide bonds. The van der Waals surface area contributed by atoms with E-state index in [-0.39, 0.29) is 6.04 Å². The van der Waals surface area contributed by atoms with E-state index in [1.165, 1.54) is 28.5 Å². The molecule has 2 saturated heterocycles. The number of fused-ring (bicyclic) bond motifs is 2. The van der Waals surface area contributed by atoms with Crippen LogP contribution in [0.2, 0.25) is 0 Å². The molecule has 0 spiro atoms. The first-order valence-electron chi connectivity index (χ1n) is 10.5. The number of carboxylic acids is 1. The van der Waals surface area contributed by atoms with E-state index in [1.54, 1.807) is 19.2 Å². The summed E-state index contributed by atoms with van der Waals surface area (Å²) in [7, 11) is 1.74. The van der Waals surface area contributed by atoms with Crippen molar-refractivity contribution < 1.29 is 14.6 Å². The summed E-state index contributed by atoms with van der Waals surface area (Å²) in [4.78, 5) is 19.7. The van der Waals surface area contributed by atoms with Gasteiger partial charge in [-0.3, -0.25) is 9.80 Å². The molecular weight excluding hydrogens is 378 g/mol. The zero-order valence-corrected chi connectivity index (χ0v) is 17.4. The highest BCUT2D eigenvalue weighted by molar-refractivity contribution is 5.88. The van der Waals surface area contributed by atoms with Gasteiger partial charge in [-0.15, -0.1) is 0 Å². The van der Waals surface area contributed by atoms with Crippen LogP contribution in [0.25, 0.3) is 10.9 Å². The molecule has 6 heteroatoms. The Labute approximate surface area is 176 Å². The number of carboxylic acid groups (broad SMARTS) is 1. The van der Waals surface area contributed by atoms with Gasteiger partial charge in [0.15, 0.2) is 0 Å². The molecule has 30 heavy (non-hydrogen) atoms. The number of carbonyl (C=O) groups is 1. The molecule has 2 N–H and O–H groups in total. The first kappa shape index (κ1) is 19.2. The molecule has 6 nitrogen and oxygen atoms in total. The summed E-state index contributed by atoms with van der Waals surface area (Å²) in [5.41, 5.74) is 5.05. The van der Waals surface area contributed by atoms with Crippen molar-refractivity contribution in [2.24, 2.45) is 0 Å². The highest BCUT2D eigenvalue weighted by Gasteiger charge is 2.39. The normalized spacial score (nSPS) is 21.9. The second-order valence-electron chi connectivity index (χ2n) is 8.45. The number of rotatable bonds is 5. The third-order valence-corrected chi connectivity index (χ3v) is 6.79. The average molecular weight is 405 g/mol. The number of aryl methyl sites for hydroxylation is 1. The molecule has 0 bridgehead atoms. The molecule has 0 saturated carbocycles. The van der Waals surface area contributed by atoms with E-state index in [0.717, 1.165) is 37.4 Å². The van der Waals surface area contributed by atoms with Crippen LogP contribution in [0.1, 0.15) is 39.5 Å². The molecule has 2 atom stereocenters. The number of piperazine rings is 1. The van der Waals surface area contributed by atoms with E-state index >= 15 is 0 Å². The van der Waals surface area contributed by atoms with Crippen molar-refractivity contribution in [2.75, 3.05) is 26.7 Å². The predicted octanol–water partition coefficient (Wildman–Crippen LogP) is 3.81. The number of ether oxygens (including phenoxy) is 1. The molecule has 156 valence electrons. The van der Waals surface area contributed by atoms with Gasteiger partial charge in [0.2, 0.25) is 0 Å². The standard InChI is InChI=1S/C24H27N3O3/c1-15-11-22(30-2)20(19-7-9-25-23(15)19)13-27-12-18-8-10-26(18)14-21(27)16-3-5-17(6-4-16)24(28)29/h3-7,9,11,18,21,25H,8,10,12-14H2,1-2H3,(H,28,29)/t18-,21-/m1/s1. The third-order valence-electron chi connectivity index (χ3n) is 6.79. The largest absolute Gasteiger partial charge is 0.496 e. The van der Waals surface area contributed by atoms with Gasteiger partial charge in [0.05, 0.1) is 12.7 Å².